The average molecular weight is 255 g/mol. The van der Waals surface area contributed by atoms with E-state index in [0.717, 1.165) is 42.6 Å². The molecule has 0 spiro atoms. The van der Waals surface area contributed by atoms with Crippen LogP contribution < -0.4 is 5.73 Å². The van der Waals surface area contributed by atoms with Gasteiger partial charge in [0.15, 0.2) is 0 Å². The summed E-state index contributed by atoms with van der Waals surface area (Å²) in [5.41, 5.74) is 7.98. The highest BCUT2D eigenvalue weighted by atomic mass is 32.2. The van der Waals surface area contributed by atoms with Crippen molar-refractivity contribution in [3.8, 4) is 0 Å². The maximum Gasteiger partial charge on any atom is 0.0560 e. The van der Waals surface area contributed by atoms with E-state index in [4.69, 9.17) is 15.2 Å². The number of aryl methyl sites for hydroxylation is 1. The van der Waals surface area contributed by atoms with Gasteiger partial charge in [-0.25, -0.2) is 0 Å². The van der Waals surface area contributed by atoms with E-state index in [-0.39, 0.29) is 0 Å². The van der Waals surface area contributed by atoms with Gasteiger partial charge in [-0.1, -0.05) is 6.07 Å². The largest absolute Gasteiger partial charge is 0.398 e. The quantitative estimate of drug-likeness (QED) is 0.441. The topological polar surface area (TPSA) is 44.5 Å². The molecule has 0 aromatic heterocycles. The van der Waals surface area contributed by atoms with E-state index < -0.39 is 0 Å². The lowest BCUT2D eigenvalue weighted by molar-refractivity contribution is 0.113. The Bertz CT molecular complexity index is 331. The van der Waals surface area contributed by atoms with Crippen LogP contribution in [-0.2, 0) is 9.47 Å². The number of hydrogen-bond donors (Lipinski definition) is 1. The molecule has 17 heavy (non-hydrogen) atoms. The van der Waals surface area contributed by atoms with Gasteiger partial charge in [-0.2, -0.15) is 0 Å². The zero-order valence-corrected chi connectivity index (χ0v) is 11.4. The summed E-state index contributed by atoms with van der Waals surface area (Å²) in [5.74, 6) is 0.931. The van der Waals surface area contributed by atoms with Gasteiger partial charge in [0.1, 0.15) is 0 Å². The van der Waals surface area contributed by atoms with Crippen molar-refractivity contribution in [2.75, 3.05) is 38.4 Å². The molecule has 0 saturated carbocycles. The Balaban J connectivity index is 2.15. The molecular weight excluding hydrogens is 234 g/mol. The summed E-state index contributed by atoms with van der Waals surface area (Å²) in [5, 5.41) is 0. The van der Waals surface area contributed by atoms with Crippen LogP contribution in [0.25, 0.3) is 0 Å². The molecule has 0 radical (unpaired) electrons. The van der Waals surface area contributed by atoms with Crippen LogP contribution in [0.3, 0.4) is 0 Å². The van der Waals surface area contributed by atoms with E-state index in [9.17, 15) is 0 Å². The van der Waals surface area contributed by atoms with Gasteiger partial charge in [0.05, 0.1) is 6.61 Å². The number of rotatable bonds is 8. The van der Waals surface area contributed by atoms with Crippen molar-refractivity contribution in [3.63, 3.8) is 0 Å². The monoisotopic (exact) mass is 255 g/mol. The summed E-state index contributed by atoms with van der Waals surface area (Å²) >= 11 is 1.74. The number of nitrogens with two attached hydrogens (primary N) is 1. The second kappa shape index (κ2) is 8.39. The molecular formula is C13H21NO2S. The van der Waals surface area contributed by atoms with Crippen molar-refractivity contribution < 1.29 is 9.47 Å². The molecule has 0 aliphatic carbocycles. The molecule has 4 heteroatoms. The Morgan fingerprint density at radius 3 is 2.82 bits per heavy atom. The van der Waals surface area contributed by atoms with Gasteiger partial charge >= 0.3 is 0 Å². The van der Waals surface area contributed by atoms with Crippen molar-refractivity contribution >= 4 is 17.4 Å². The number of methoxy groups -OCH3 is 1. The molecule has 3 nitrogen and oxygen atoms in total. The van der Waals surface area contributed by atoms with Crippen LogP contribution in [0.1, 0.15) is 12.0 Å². The first-order valence-electron chi connectivity index (χ1n) is 5.79. The molecule has 0 heterocycles. The fourth-order valence-corrected chi connectivity index (χ4v) is 2.31. The summed E-state index contributed by atoms with van der Waals surface area (Å²) in [6, 6.07) is 6.10. The predicted molar refractivity (Wildman–Crippen MR) is 73.6 cm³/mol. The van der Waals surface area contributed by atoms with Gasteiger partial charge in [-0.05, 0) is 31.0 Å². The van der Waals surface area contributed by atoms with Crippen molar-refractivity contribution in [2.24, 2.45) is 0 Å². The first kappa shape index (κ1) is 14.4. The molecule has 0 aliphatic rings. The highest BCUT2D eigenvalue weighted by molar-refractivity contribution is 7.99. The maximum atomic E-state index is 5.89. The molecule has 0 fully saturated rings. The first-order valence-corrected chi connectivity index (χ1v) is 6.78. The molecule has 0 unspecified atom stereocenters. The maximum absolute atomic E-state index is 5.89. The average Bonchev–Trinajstić information content (AvgIpc) is 2.32. The van der Waals surface area contributed by atoms with Gasteiger partial charge < -0.3 is 15.2 Å². The van der Waals surface area contributed by atoms with E-state index >= 15 is 0 Å². The predicted octanol–water partition coefficient (Wildman–Crippen LogP) is 2.72. The Morgan fingerprint density at radius 1 is 1.24 bits per heavy atom. The standard InChI is InChI=1S/C13H21NO2S/c1-11-4-5-12(14)13(10-11)17-9-8-16-7-3-6-15-2/h4-5,10H,3,6-9,14H2,1-2H3. The number of hydrogen-bond acceptors (Lipinski definition) is 4. The molecule has 1 aromatic carbocycles. The van der Waals surface area contributed by atoms with Crippen LogP contribution in [0, 0.1) is 6.92 Å². The molecule has 0 bridgehead atoms. The number of nitrogen functional groups attached to an aromatic ring is 1. The first-order chi connectivity index (χ1) is 8.24. The lowest BCUT2D eigenvalue weighted by Gasteiger charge is -2.07. The molecule has 2 N–H and O–H groups in total. The lowest BCUT2D eigenvalue weighted by atomic mass is 10.2. The minimum atomic E-state index is 0.752. The summed E-state index contributed by atoms with van der Waals surface area (Å²) in [7, 11) is 1.70. The van der Waals surface area contributed by atoms with Gasteiger partial charge in [0.2, 0.25) is 0 Å². The second-order valence-electron chi connectivity index (χ2n) is 3.85. The van der Waals surface area contributed by atoms with Gasteiger partial charge in [0.25, 0.3) is 0 Å². The Kier molecular flexibility index (Phi) is 7.08. The fraction of sp³-hybridized carbons (Fsp3) is 0.538. The van der Waals surface area contributed by atoms with Crippen molar-refractivity contribution in [3.05, 3.63) is 23.8 Å². The normalized spacial score (nSPS) is 10.7. The number of thioether (sulfide) groups is 1. The van der Waals surface area contributed by atoms with Gasteiger partial charge in [0, 0.05) is 36.7 Å². The summed E-state index contributed by atoms with van der Waals surface area (Å²) in [6.07, 6.45) is 0.952. The molecule has 96 valence electrons. The minimum Gasteiger partial charge on any atom is -0.398 e. The van der Waals surface area contributed by atoms with Crippen molar-refractivity contribution in [1.29, 1.82) is 0 Å². The molecule has 1 rings (SSSR count). The smallest absolute Gasteiger partial charge is 0.0560 e. The van der Waals surface area contributed by atoms with Crippen LogP contribution in [0.5, 0.6) is 0 Å². The summed E-state index contributed by atoms with van der Waals surface area (Å²) in [6.45, 7) is 4.35. The highest BCUT2D eigenvalue weighted by Gasteiger charge is 2.00. The van der Waals surface area contributed by atoms with E-state index in [1.807, 2.05) is 12.1 Å². The zero-order valence-electron chi connectivity index (χ0n) is 10.6. The Hall–Kier alpha value is -0.710. The van der Waals surface area contributed by atoms with E-state index in [0.29, 0.717) is 0 Å². The highest BCUT2D eigenvalue weighted by Crippen LogP contribution is 2.25. The van der Waals surface area contributed by atoms with Crippen LogP contribution in [0.4, 0.5) is 5.69 Å². The van der Waals surface area contributed by atoms with Crippen LogP contribution in [-0.4, -0.2) is 32.7 Å². The number of benzene rings is 1. The molecule has 0 aliphatic heterocycles. The van der Waals surface area contributed by atoms with E-state index in [2.05, 4.69) is 13.0 Å². The van der Waals surface area contributed by atoms with Crippen molar-refractivity contribution in [2.45, 2.75) is 18.2 Å². The van der Waals surface area contributed by atoms with E-state index in [1.165, 1.54) is 5.56 Å². The zero-order chi connectivity index (χ0) is 12.5. The Morgan fingerprint density at radius 2 is 2.06 bits per heavy atom. The number of anilines is 1. The van der Waals surface area contributed by atoms with Crippen molar-refractivity contribution in [1.82, 2.24) is 0 Å². The minimum absolute atomic E-state index is 0.752. The lowest BCUT2D eigenvalue weighted by Crippen LogP contribution is -2.02. The summed E-state index contributed by atoms with van der Waals surface area (Å²) < 4.78 is 10.4. The van der Waals surface area contributed by atoms with Crippen LogP contribution in [0.15, 0.2) is 23.1 Å². The molecule has 1 aromatic rings. The molecule has 0 saturated heterocycles. The Labute approximate surface area is 108 Å². The van der Waals surface area contributed by atoms with Gasteiger partial charge in [-0.3, -0.25) is 0 Å². The third-order valence-corrected chi connectivity index (χ3v) is 3.33. The second-order valence-corrected chi connectivity index (χ2v) is 4.99. The SMILES string of the molecule is COCCCOCCSc1cc(C)ccc1N. The van der Waals surface area contributed by atoms with Gasteiger partial charge in [-0.15, -0.1) is 11.8 Å². The molecule has 0 amide bonds. The van der Waals surface area contributed by atoms with Crippen LogP contribution in [0.2, 0.25) is 0 Å². The summed E-state index contributed by atoms with van der Waals surface area (Å²) in [4.78, 5) is 1.14. The van der Waals surface area contributed by atoms with E-state index in [1.54, 1.807) is 18.9 Å². The third kappa shape index (κ3) is 5.96. The number of ether oxygens (including phenoxy) is 2. The molecule has 0 atom stereocenters. The van der Waals surface area contributed by atoms with Crippen LogP contribution >= 0.6 is 11.8 Å². The third-order valence-electron chi connectivity index (χ3n) is 2.29. The fourth-order valence-electron chi connectivity index (χ4n) is 1.38.